The number of para-hydroxylation sites is 1. The van der Waals surface area contributed by atoms with Gasteiger partial charge < -0.3 is 10.1 Å². The highest BCUT2D eigenvalue weighted by Crippen LogP contribution is 2.31. The molecule has 1 unspecified atom stereocenters. The minimum absolute atomic E-state index is 0.0762. The number of nitrogens with zero attached hydrogens (tertiary/aromatic N) is 2. The van der Waals surface area contributed by atoms with Crippen LogP contribution in [0.3, 0.4) is 0 Å². The fourth-order valence-corrected chi connectivity index (χ4v) is 3.48. The fourth-order valence-electron chi connectivity index (χ4n) is 3.16. The molecule has 6 nitrogen and oxygen atoms in total. The summed E-state index contributed by atoms with van der Waals surface area (Å²) in [4.78, 5) is 12.7. The van der Waals surface area contributed by atoms with Crippen molar-refractivity contribution in [3.05, 3.63) is 63.9 Å². The van der Waals surface area contributed by atoms with E-state index in [1.165, 1.54) is 0 Å². The monoisotopic (exact) mass is 400 g/mol. The van der Waals surface area contributed by atoms with Crippen molar-refractivity contribution in [1.82, 2.24) is 20.1 Å². The van der Waals surface area contributed by atoms with Gasteiger partial charge in [-0.1, -0.05) is 29.8 Å². The third kappa shape index (κ3) is 3.74. The number of halogens is 1. The summed E-state index contributed by atoms with van der Waals surface area (Å²) >= 11 is 11.3. The number of aromatic amines is 1. The summed E-state index contributed by atoms with van der Waals surface area (Å²) in [7, 11) is 0. The number of H-pyrrole nitrogens is 1. The van der Waals surface area contributed by atoms with E-state index >= 15 is 0 Å². The first-order valence-electron chi connectivity index (χ1n) is 8.54. The maximum atomic E-state index is 12.7. The van der Waals surface area contributed by atoms with E-state index in [1.54, 1.807) is 16.7 Å². The zero-order valence-corrected chi connectivity index (χ0v) is 15.9. The van der Waals surface area contributed by atoms with Gasteiger partial charge in [-0.25, -0.2) is 0 Å². The van der Waals surface area contributed by atoms with E-state index in [0.29, 0.717) is 22.2 Å². The van der Waals surface area contributed by atoms with Crippen LogP contribution in [0.2, 0.25) is 5.02 Å². The third-order valence-electron chi connectivity index (χ3n) is 4.46. The van der Waals surface area contributed by atoms with E-state index in [4.69, 9.17) is 28.6 Å². The van der Waals surface area contributed by atoms with Crippen molar-refractivity contribution >= 4 is 29.7 Å². The molecule has 0 radical (unpaired) electrons. The second-order valence-electron chi connectivity index (χ2n) is 6.24. The standard InChI is InChI=1S/C19H17ClN4O2S/c20-13-7-5-12(6-8-13)18-22-23-19(27)24(18)11-17(25)21-15-9-10-26-16-4-2-1-3-14(15)16/h1-8,15H,9-11H2,(H,21,25)(H,23,27). The first-order valence-corrected chi connectivity index (χ1v) is 9.32. The van der Waals surface area contributed by atoms with E-state index in [2.05, 4.69) is 15.5 Å². The molecule has 0 aliphatic carbocycles. The molecule has 1 amide bonds. The number of carbonyl (C=O) groups excluding carboxylic acids is 1. The lowest BCUT2D eigenvalue weighted by atomic mass is 10.0. The summed E-state index contributed by atoms with van der Waals surface area (Å²) in [6.45, 7) is 0.649. The molecule has 4 rings (SSSR count). The normalized spacial score (nSPS) is 15.7. The van der Waals surface area contributed by atoms with Crippen molar-refractivity contribution in [2.45, 2.75) is 19.0 Å². The molecular formula is C19H17ClN4O2S. The number of aromatic nitrogens is 3. The van der Waals surface area contributed by atoms with Gasteiger partial charge in [0.1, 0.15) is 12.3 Å². The molecule has 0 saturated heterocycles. The predicted octanol–water partition coefficient (Wildman–Crippen LogP) is 3.90. The van der Waals surface area contributed by atoms with Gasteiger partial charge in [-0.2, -0.15) is 5.10 Å². The van der Waals surface area contributed by atoms with Gasteiger partial charge in [-0.3, -0.25) is 14.5 Å². The highest BCUT2D eigenvalue weighted by atomic mass is 35.5. The number of amides is 1. The van der Waals surface area contributed by atoms with E-state index < -0.39 is 0 Å². The SMILES string of the molecule is O=C(Cn1c(-c2ccc(Cl)cc2)n[nH]c1=S)NC1CCOc2ccccc21. The smallest absolute Gasteiger partial charge is 0.240 e. The zero-order chi connectivity index (χ0) is 18.8. The molecular weight excluding hydrogens is 384 g/mol. The van der Waals surface area contributed by atoms with Crippen LogP contribution in [0.15, 0.2) is 48.5 Å². The maximum absolute atomic E-state index is 12.7. The molecule has 2 heterocycles. The fraction of sp³-hybridized carbons (Fsp3) is 0.211. The molecule has 8 heteroatoms. The lowest BCUT2D eigenvalue weighted by Crippen LogP contribution is -2.34. The Hall–Kier alpha value is -2.64. The molecule has 27 heavy (non-hydrogen) atoms. The molecule has 0 fully saturated rings. The average Bonchev–Trinajstić information content (AvgIpc) is 3.03. The van der Waals surface area contributed by atoms with Crippen LogP contribution in [0.4, 0.5) is 0 Å². The predicted molar refractivity (Wildman–Crippen MR) is 105 cm³/mol. The Kier molecular flexibility index (Phi) is 4.96. The Morgan fingerprint density at radius 1 is 1.30 bits per heavy atom. The Balaban J connectivity index is 1.54. The summed E-state index contributed by atoms with van der Waals surface area (Å²) in [6.07, 6.45) is 0.726. The lowest BCUT2D eigenvalue weighted by molar-refractivity contribution is -0.122. The third-order valence-corrected chi connectivity index (χ3v) is 5.02. The molecule has 2 N–H and O–H groups in total. The molecule has 0 bridgehead atoms. The van der Waals surface area contributed by atoms with Gasteiger partial charge in [0, 0.05) is 22.6 Å². The van der Waals surface area contributed by atoms with Crippen LogP contribution in [0.1, 0.15) is 18.0 Å². The highest BCUT2D eigenvalue weighted by molar-refractivity contribution is 7.71. The number of carbonyl (C=O) groups is 1. The van der Waals surface area contributed by atoms with Gasteiger partial charge in [-0.05, 0) is 42.5 Å². The zero-order valence-electron chi connectivity index (χ0n) is 14.3. The van der Waals surface area contributed by atoms with Crippen molar-refractivity contribution in [2.75, 3.05) is 6.61 Å². The number of fused-ring (bicyclic) bond motifs is 1. The van der Waals surface area contributed by atoms with Crippen molar-refractivity contribution in [2.24, 2.45) is 0 Å². The van der Waals surface area contributed by atoms with Crippen molar-refractivity contribution in [3.8, 4) is 17.1 Å². The van der Waals surface area contributed by atoms with Crippen molar-refractivity contribution in [3.63, 3.8) is 0 Å². The number of benzene rings is 2. The van der Waals surface area contributed by atoms with Gasteiger partial charge in [0.15, 0.2) is 10.6 Å². The Morgan fingerprint density at radius 2 is 2.07 bits per heavy atom. The maximum Gasteiger partial charge on any atom is 0.240 e. The van der Waals surface area contributed by atoms with Gasteiger partial charge in [0.25, 0.3) is 0 Å². The van der Waals surface area contributed by atoms with Crippen molar-refractivity contribution < 1.29 is 9.53 Å². The Morgan fingerprint density at radius 3 is 2.89 bits per heavy atom. The number of rotatable bonds is 4. The van der Waals surface area contributed by atoms with Crippen LogP contribution in [0.25, 0.3) is 11.4 Å². The minimum atomic E-state index is -0.135. The lowest BCUT2D eigenvalue weighted by Gasteiger charge is -2.26. The topological polar surface area (TPSA) is 71.9 Å². The summed E-state index contributed by atoms with van der Waals surface area (Å²) < 4.78 is 7.72. The summed E-state index contributed by atoms with van der Waals surface area (Å²) in [5, 5.41) is 10.7. The second kappa shape index (κ2) is 7.54. The van der Waals surface area contributed by atoms with Gasteiger partial charge in [-0.15, -0.1) is 0 Å². The molecule has 0 saturated carbocycles. The number of nitrogens with one attached hydrogen (secondary N) is 2. The van der Waals surface area contributed by atoms with Gasteiger partial charge in [0.2, 0.25) is 5.91 Å². The van der Waals surface area contributed by atoms with Crippen LogP contribution in [-0.2, 0) is 11.3 Å². The molecule has 1 aliphatic rings. The molecule has 1 aromatic heterocycles. The highest BCUT2D eigenvalue weighted by Gasteiger charge is 2.23. The Bertz CT molecular complexity index is 1030. The van der Waals surface area contributed by atoms with Crippen LogP contribution < -0.4 is 10.1 Å². The van der Waals surface area contributed by atoms with Crippen LogP contribution in [0, 0.1) is 4.77 Å². The molecule has 0 spiro atoms. The van der Waals surface area contributed by atoms with Crippen LogP contribution in [-0.4, -0.2) is 27.3 Å². The average molecular weight is 401 g/mol. The summed E-state index contributed by atoms with van der Waals surface area (Å²) in [6, 6.07) is 14.9. The van der Waals surface area contributed by atoms with E-state index in [1.807, 2.05) is 36.4 Å². The molecule has 2 aromatic carbocycles. The first-order chi connectivity index (χ1) is 13.1. The quantitative estimate of drug-likeness (QED) is 0.651. The second-order valence-corrected chi connectivity index (χ2v) is 7.06. The van der Waals surface area contributed by atoms with Crippen molar-refractivity contribution in [1.29, 1.82) is 0 Å². The number of ether oxygens (including phenoxy) is 1. The van der Waals surface area contributed by atoms with Crippen LogP contribution >= 0.6 is 23.8 Å². The minimum Gasteiger partial charge on any atom is -0.493 e. The number of hydrogen-bond acceptors (Lipinski definition) is 4. The number of hydrogen-bond donors (Lipinski definition) is 2. The van der Waals surface area contributed by atoms with Gasteiger partial charge >= 0.3 is 0 Å². The first kappa shape index (κ1) is 17.8. The molecule has 3 aromatic rings. The summed E-state index contributed by atoms with van der Waals surface area (Å²) in [5.41, 5.74) is 1.82. The van der Waals surface area contributed by atoms with E-state index in [0.717, 1.165) is 23.3 Å². The molecule has 1 atom stereocenters. The van der Waals surface area contributed by atoms with E-state index in [9.17, 15) is 4.79 Å². The van der Waals surface area contributed by atoms with E-state index in [-0.39, 0.29) is 18.5 Å². The molecule has 138 valence electrons. The largest absolute Gasteiger partial charge is 0.493 e. The Labute approximate surface area is 166 Å². The molecule has 1 aliphatic heterocycles. The van der Waals surface area contributed by atoms with Crippen LogP contribution in [0.5, 0.6) is 5.75 Å². The van der Waals surface area contributed by atoms with Gasteiger partial charge in [0.05, 0.1) is 12.6 Å². The summed E-state index contributed by atoms with van der Waals surface area (Å²) in [5.74, 6) is 1.28.